The van der Waals surface area contributed by atoms with Crippen molar-refractivity contribution < 1.29 is 29.3 Å². The molecule has 4 bridgehead atoms. The predicted molar refractivity (Wildman–Crippen MR) is 142 cm³/mol. The van der Waals surface area contributed by atoms with Gasteiger partial charge in [0.25, 0.3) is 0 Å². The van der Waals surface area contributed by atoms with Gasteiger partial charge >= 0.3 is 11.9 Å². The normalized spacial score (nSPS) is 29.2. The second kappa shape index (κ2) is 8.62. The Labute approximate surface area is 222 Å². The van der Waals surface area contributed by atoms with Crippen LogP contribution in [0.1, 0.15) is 78.7 Å². The van der Waals surface area contributed by atoms with E-state index in [1.807, 2.05) is 6.07 Å². The van der Waals surface area contributed by atoms with E-state index in [0.29, 0.717) is 33.8 Å². The van der Waals surface area contributed by atoms with Crippen molar-refractivity contribution in [1.82, 2.24) is 0 Å². The molecule has 4 saturated carbocycles. The summed E-state index contributed by atoms with van der Waals surface area (Å²) in [5.74, 6) is 0.855. The van der Waals surface area contributed by atoms with Gasteiger partial charge in [-0.25, -0.2) is 9.59 Å². The monoisotopic (exact) mass is 512 g/mol. The topological polar surface area (TPSA) is 93.1 Å². The molecule has 7 rings (SSSR count). The summed E-state index contributed by atoms with van der Waals surface area (Å²) in [4.78, 5) is 22.5. The highest BCUT2D eigenvalue weighted by molar-refractivity contribution is 5.88. The molecular weight excluding hydrogens is 480 g/mol. The molecule has 6 nitrogen and oxygen atoms in total. The van der Waals surface area contributed by atoms with E-state index < -0.39 is 11.9 Å². The fraction of sp³-hybridized carbons (Fsp3) is 0.375. The summed E-state index contributed by atoms with van der Waals surface area (Å²) in [7, 11) is 0. The van der Waals surface area contributed by atoms with Crippen LogP contribution in [0.4, 0.5) is 0 Å². The van der Waals surface area contributed by atoms with E-state index in [1.165, 1.54) is 68.4 Å². The molecule has 0 amide bonds. The van der Waals surface area contributed by atoms with Crippen molar-refractivity contribution in [2.45, 2.75) is 57.8 Å². The second-order valence-corrected chi connectivity index (χ2v) is 12.4. The first-order valence-corrected chi connectivity index (χ1v) is 13.2. The Hall–Kier alpha value is -3.80. The second-order valence-electron chi connectivity index (χ2n) is 12.4. The van der Waals surface area contributed by atoms with Gasteiger partial charge in [-0.05, 0) is 127 Å². The Morgan fingerprint density at radius 3 is 1.66 bits per heavy atom. The van der Waals surface area contributed by atoms with Crippen molar-refractivity contribution >= 4 is 11.9 Å². The number of ether oxygens (including phenoxy) is 2. The lowest BCUT2D eigenvalue weighted by Crippen LogP contribution is -2.56. The zero-order valence-corrected chi connectivity index (χ0v) is 21.7. The quantitative estimate of drug-likeness (QED) is 0.334. The molecule has 4 aliphatic rings. The maximum Gasteiger partial charge on any atom is 0.335 e. The fourth-order valence-corrected chi connectivity index (χ4v) is 8.36. The third-order valence-electron chi connectivity index (χ3n) is 8.84. The van der Waals surface area contributed by atoms with Gasteiger partial charge in [-0.1, -0.05) is 19.9 Å². The third kappa shape index (κ3) is 4.42. The molecule has 4 aliphatic carbocycles. The van der Waals surface area contributed by atoms with Gasteiger partial charge in [0, 0.05) is 0 Å². The maximum absolute atomic E-state index is 11.3. The van der Waals surface area contributed by atoms with Crippen LogP contribution in [0.3, 0.4) is 0 Å². The summed E-state index contributed by atoms with van der Waals surface area (Å²) >= 11 is 0. The molecule has 196 valence electrons. The zero-order chi connectivity index (χ0) is 26.7. The van der Waals surface area contributed by atoms with Gasteiger partial charge in [0.1, 0.15) is 11.5 Å². The lowest BCUT2D eigenvalue weighted by atomic mass is 9.39. The van der Waals surface area contributed by atoms with Crippen LogP contribution >= 0.6 is 0 Å². The van der Waals surface area contributed by atoms with E-state index in [1.54, 1.807) is 24.3 Å². The Morgan fingerprint density at radius 1 is 0.684 bits per heavy atom. The summed E-state index contributed by atoms with van der Waals surface area (Å²) in [5, 5.41) is 18.5. The van der Waals surface area contributed by atoms with Crippen molar-refractivity contribution in [3.05, 3.63) is 83.4 Å². The Bertz CT molecular complexity index is 1390. The number of carboxylic acids is 2. The van der Waals surface area contributed by atoms with E-state index in [9.17, 15) is 19.8 Å². The predicted octanol–water partition coefficient (Wildman–Crippen LogP) is 7.92. The number of carbonyl (C=O) groups is 2. The Balaban J connectivity index is 1.37. The average Bonchev–Trinajstić information content (AvgIpc) is 2.83. The molecule has 0 saturated heterocycles. The first-order chi connectivity index (χ1) is 18.0. The molecule has 0 spiro atoms. The molecular formula is C32H32O6. The average molecular weight is 513 g/mol. The molecule has 0 radical (unpaired) electrons. The first-order valence-electron chi connectivity index (χ1n) is 13.2. The minimum Gasteiger partial charge on any atom is -0.478 e. The van der Waals surface area contributed by atoms with Gasteiger partial charge in [0.15, 0.2) is 11.5 Å². The molecule has 6 heteroatoms. The van der Waals surface area contributed by atoms with Crippen molar-refractivity contribution in [2.75, 3.05) is 0 Å². The smallest absolute Gasteiger partial charge is 0.335 e. The van der Waals surface area contributed by atoms with Gasteiger partial charge in [0.05, 0.1) is 11.1 Å². The van der Waals surface area contributed by atoms with Crippen LogP contribution in [0.5, 0.6) is 23.0 Å². The lowest BCUT2D eigenvalue weighted by Gasteiger charge is -2.65. The SMILES string of the molecule is CC12CC3CC(C)(C1)CC(c1ccc(Oc4ccc(C(=O)O)cc4)c(Oc4ccc(C(=O)O)cc4)c1)(C3)C2. The first kappa shape index (κ1) is 24.5. The molecule has 2 N–H and O–H groups in total. The Morgan fingerprint density at radius 2 is 1.18 bits per heavy atom. The van der Waals surface area contributed by atoms with Gasteiger partial charge in [0.2, 0.25) is 0 Å². The van der Waals surface area contributed by atoms with Crippen LogP contribution in [-0.2, 0) is 5.41 Å². The van der Waals surface area contributed by atoms with Gasteiger partial charge in [-0.15, -0.1) is 0 Å². The molecule has 0 heterocycles. The standard InChI is InChI=1S/C32H32O6/c1-30-14-20-15-31(2,17-30)19-32(16-20,18-30)23-7-12-26(37-24-8-3-21(4-9-24)28(33)34)27(13-23)38-25-10-5-22(6-11-25)29(35)36/h3-13,20H,14-19H2,1-2H3,(H,33,34)(H,35,36). The van der Waals surface area contributed by atoms with Crippen LogP contribution in [-0.4, -0.2) is 22.2 Å². The minimum atomic E-state index is -0.993. The molecule has 38 heavy (non-hydrogen) atoms. The van der Waals surface area contributed by atoms with E-state index in [2.05, 4.69) is 26.0 Å². The molecule has 3 aromatic carbocycles. The van der Waals surface area contributed by atoms with E-state index in [-0.39, 0.29) is 16.5 Å². The summed E-state index contributed by atoms with van der Waals surface area (Å²) in [6.45, 7) is 4.92. The van der Waals surface area contributed by atoms with Crippen LogP contribution in [0, 0.1) is 16.7 Å². The molecule has 0 aliphatic heterocycles. The Kier molecular flexibility index (Phi) is 5.56. The van der Waals surface area contributed by atoms with Crippen LogP contribution in [0.2, 0.25) is 0 Å². The van der Waals surface area contributed by atoms with Crippen molar-refractivity contribution in [2.24, 2.45) is 16.7 Å². The third-order valence-corrected chi connectivity index (χ3v) is 8.84. The number of hydrogen-bond acceptors (Lipinski definition) is 4. The van der Waals surface area contributed by atoms with Crippen molar-refractivity contribution in [1.29, 1.82) is 0 Å². The highest BCUT2D eigenvalue weighted by Gasteiger charge is 2.60. The molecule has 4 fully saturated rings. The summed E-state index contributed by atoms with van der Waals surface area (Å²) in [6, 6.07) is 18.8. The lowest BCUT2D eigenvalue weighted by molar-refractivity contribution is -0.110. The highest BCUT2D eigenvalue weighted by atomic mass is 16.5. The zero-order valence-electron chi connectivity index (χ0n) is 21.7. The minimum absolute atomic E-state index is 0.107. The van der Waals surface area contributed by atoms with Crippen molar-refractivity contribution in [3.8, 4) is 23.0 Å². The van der Waals surface area contributed by atoms with Crippen LogP contribution in [0.25, 0.3) is 0 Å². The van der Waals surface area contributed by atoms with E-state index in [4.69, 9.17) is 9.47 Å². The number of aromatic carboxylic acids is 2. The van der Waals surface area contributed by atoms with Crippen molar-refractivity contribution in [3.63, 3.8) is 0 Å². The number of benzene rings is 3. The number of hydrogen-bond donors (Lipinski definition) is 2. The summed E-state index contributed by atoms with van der Waals surface area (Å²) in [6.07, 6.45) is 7.48. The number of rotatable bonds is 7. The molecule has 3 aromatic rings. The fourth-order valence-electron chi connectivity index (χ4n) is 8.36. The summed E-state index contributed by atoms with van der Waals surface area (Å²) in [5.41, 5.74) is 2.48. The highest BCUT2D eigenvalue weighted by Crippen LogP contribution is 2.70. The molecule has 0 aromatic heterocycles. The van der Waals surface area contributed by atoms with E-state index >= 15 is 0 Å². The summed E-state index contributed by atoms with van der Waals surface area (Å²) < 4.78 is 12.5. The van der Waals surface area contributed by atoms with Crippen LogP contribution < -0.4 is 9.47 Å². The van der Waals surface area contributed by atoms with Gasteiger partial charge in [-0.3, -0.25) is 0 Å². The number of carboxylic acid groups (broad SMARTS) is 2. The van der Waals surface area contributed by atoms with Gasteiger partial charge < -0.3 is 19.7 Å². The molecule has 2 unspecified atom stereocenters. The molecule has 2 atom stereocenters. The van der Waals surface area contributed by atoms with E-state index in [0.717, 1.165) is 5.92 Å². The maximum atomic E-state index is 11.3. The van der Waals surface area contributed by atoms with Crippen LogP contribution in [0.15, 0.2) is 66.7 Å². The van der Waals surface area contributed by atoms with Gasteiger partial charge in [-0.2, -0.15) is 0 Å². The largest absolute Gasteiger partial charge is 0.478 e.